The smallest absolute Gasteiger partial charge is 0.269 e. The molecule has 7 heteroatoms. The number of hydrogen-bond acceptors (Lipinski definition) is 4. The van der Waals surface area contributed by atoms with E-state index >= 15 is 0 Å². The fourth-order valence-electron chi connectivity index (χ4n) is 3.21. The molecule has 2 N–H and O–H groups in total. The van der Waals surface area contributed by atoms with Crippen LogP contribution in [0.5, 0.6) is 0 Å². The molecule has 1 amide bonds. The Morgan fingerprint density at radius 2 is 2.17 bits per heavy atom. The van der Waals surface area contributed by atoms with Crippen molar-refractivity contribution < 1.29 is 14.3 Å². The zero-order valence-corrected chi connectivity index (χ0v) is 14.6. The second-order valence-electron chi connectivity index (χ2n) is 6.11. The van der Waals surface area contributed by atoms with Crippen LogP contribution in [0.15, 0.2) is 34.8 Å². The first-order valence-corrected chi connectivity index (χ1v) is 8.85. The van der Waals surface area contributed by atoms with Crippen molar-refractivity contribution in [2.24, 2.45) is 0 Å². The highest BCUT2D eigenvalue weighted by molar-refractivity contribution is 9.10. The number of aromatic amines is 1. The van der Waals surface area contributed by atoms with E-state index in [-0.39, 0.29) is 24.2 Å². The van der Waals surface area contributed by atoms with Crippen molar-refractivity contribution in [3.8, 4) is 11.3 Å². The van der Waals surface area contributed by atoms with Gasteiger partial charge in [-0.3, -0.25) is 9.89 Å². The molecule has 2 aliphatic heterocycles. The number of fused-ring (bicyclic) bond motifs is 1. The molecule has 3 atom stereocenters. The molecule has 2 aromatic rings. The maximum absolute atomic E-state index is 12.3. The average Bonchev–Trinajstić information content (AvgIpc) is 3.29. The van der Waals surface area contributed by atoms with Crippen LogP contribution in [-0.4, -0.2) is 47.6 Å². The molecule has 1 aromatic carbocycles. The summed E-state index contributed by atoms with van der Waals surface area (Å²) in [7, 11) is 0. The van der Waals surface area contributed by atoms with Crippen LogP contribution in [0.3, 0.4) is 0 Å². The van der Waals surface area contributed by atoms with Crippen molar-refractivity contribution >= 4 is 21.8 Å². The molecule has 0 saturated carbocycles. The van der Waals surface area contributed by atoms with Crippen molar-refractivity contribution in [2.45, 2.75) is 31.2 Å². The predicted octanol–water partition coefficient (Wildman–Crippen LogP) is 2.52. The number of amides is 1. The Hall–Kier alpha value is -1.70. The summed E-state index contributed by atoms with van der Waals surface area (Å²) >= 11 is 3.40. The zero-order chi connectivity index (χ0) is 16.5. The monoisotopic (exact) mass is 391 g/mol. The van der Waals surface area contributed by atoms with E-state index in [9.17, 15) is 4.79 Å². The molecule has 3 heterocycles. The van der Waals surface area contributed by atoms with Crippen LogP contribution in [0.1, 0.15) is 23.3 Å². The molecule has 2 saturated heterocycles. The van der Waals surface area contributed by atoms with Crippen molar-refractivity contribution in [3.63, 3.8) is 0 Å². The highest BCUT2D eigenvalue weighted by Crippen LogP contribution is 2.30. The van der Waals surface area contributed by atoms with Gasteiger partial charge in [-0.2, -0.15) is 5.10 Å². The van der Waals surface area contributed by atoms with Gasteiger partial charge in [0.15, 0.2) is 0 Å². The Bertz CT molecular complexity index is 719. The average molecular weight is 392 g/mol. The molecule has 2 aliphatic rings. The minimum Gasteiger partial charge on any atom is -0.375 e. The molecule has 4 rings (SSSR count). The Morgan fingerprint density at radius 1 is 1.33 bits per heavy atom. The first-order chi connectivity index (χ1) is 11.7. The van der Waals surface area contributed by atoms with E-state index in [0.717, 1.165) is 35.2 Å². The first kappa shape index (κ1) is 15.8. The molecule has 0 bridgehead atoms. The molecule has 6 nitrogen and oxygen atoms in total. The summed E-state index contributed by atoms with van der Waals surface area (Å²) in [6.07, 6.45) is 2.22. The van der Waals surface area contributed by atoms with Crippen LogP contribution in [-0.2, 0) is 9.47 Å². The number of halogens is 1. The third kappa shape index (κ3) is 3.24. The number of aromatic nitrogens is 2. The highest BCUT2D eigenvalue weighted by Gasteiger charge is 2.39. The number of carbonyl (C=O) groups is 1. The van der Waals surface area contributed by atoms with Crippen molar-refractivity contribution in [1.82, 2.24) is 15.5 Å². The molecule has 126 valence electrons. The summed E-state index contributed by atoms with van der Waals surface area (Å²) in [5, 5.41) is 9.91. The van der Waals surface area contributed by atoms with Gasteiger partial charge in [0, 0.05) is 29.6 Å². The predicted molar refractivity (Wildman–Crippen MR) is 91.7 cm³/mol. The van der Waals surface area contributed by atoms with Gasteiger partial charge in [-0.05, 0) is 24.6 Å². The first-order valence-electron chi connectivity index (χ1n) is 8.05. The summed E-state index contributed by atoms with van der Waals surface area (Å²) < 4.78 is 12.5. The van der Waals surface area contributed by atoms with Crippen LogP contribution < -0.4 is 5.32 Å². The van der Waals surface area contributed by atoms with E-state index in [4.69, 9.17) is 9.47 Å². The zero-order valence-electron chi connectivity index (χ0n) is 13.0. The minimum atomic E-state index is -0.174. The van der Waals surface area contributed by atoms with Crippen LogP contribution in [0.25, 0.3) is 11.3 Å². The second kappa shape index (κ2) is 6.66. The third-order valence-electron chi connectivity index (χ3n) is 4.46. The van der Waals surface area contributed by atoms with E-state index in [2.05, 4.69) is 31.4 Å². The fourth-order valence-corrected chi connectivity index (χ4v) is 3.47. The van der Waals surface area contributed by atoms with Crippen LogP contribution in [0.2, 0.25) is 0 Å². The fraction of sp³-hybridized carbons (Fsp3) is 0.412. The molecule has 24 heavy (non-hydrogen) atoms. The van der Waals surface area contributed by atoms with Crippen LogP contribution >= 0.6 is 15.9 Å². The number of benzene rings is 1. The number of rotatable bonds is 4. The van der Waals surface area contributed by atoms with Gasteiger partial charge < -0.3 is 14.8 Å². The number of ether oxygens (including phenoxy) is 2. The van der Waals surface area contributed by atoms with E-state index in [1.807, 2.05) is 24.3 Å². The standard InChI is InChI=1S/C17H18BrN3O3/c18-11-3-1-10(2-4-11)13-8-14(21-20-13)17(22)19-9-12-7-16-15(24-12)5-6-23-16/h1-4,8,12,15-16H,5-7,9H2,(H,19,22)(H,20,21). The molecule has 0 radical (unpaired) electrons. The van der Waals surface area contributed by atoms with Crippen molar-refractivity contribution in [1.29, 1.82) is 0 Å². The van der Waals surface area contributed by atoms with Gasteiger partial charge in [0.1, 0.15) is 5.69 Å². The Kier molecular flexibility index (Phi) is 4.39. The lowest BCUT2D eigenvalue weighted by atomic mass is 10.1. The van der Waals surface area contributed by atoms with Gasteiger partial charge in [0.2, 0.25) is 0 Å². The summed E-state index contributed by atoms with van der Waals surface area (Å²) in [5.74, 6) is -0.174. The number of H-pyrrole nitrogens is 1. The molecule has 2 fully saturated rings. The second-order valence-corrected chi connectivity index (χ2v) is 7.03. The van der Waals surface area contributed by atoms with Crippen LogP contribution in [0, 0.1) is 0 Å². The minimum absolute atomic E-state index is 0.0260. The van der Waals surface area contributed by atoms with Gasteiger partial charge in [0.05, 0.1) is 24.0 Å². The largest absolute Gasteiger partial charge is 0.375 e. The van der Waals surface area contributed by atoms with Gasteiger partial charge in [0.25, 0.3) is 5.91 Å². The maximum atomic E-state index is 12.3. The lowest BCUT2D eigenvalue weighted by molar-refractivity contribution is 0.0383. The van der Waals surface area contributed by atoms with Crippen molar-refractivity contribution in [3.05, 3.63) is 40.5 Å². The Labute approximate surface area is 148 Å². The van der Waals surface area contributed by atoms with E-state index in [1.165, 1.54) is 0 Å². The molecule has 0 spiro atoms. The van der Waals surface area contributed by atoms with Gasteiger partial charge >= 0.3 is 0 Å². The maximum Gasteiger partial charge on any atom is 0.269 e. The molecule has 0 aliphatic carbocycles. The summed E-state index contributed by atoms with van der Waals surface area (Å²) in [6.45, 7) is 1.27. The Balaban J connectivity index is 1.34. The number of nitrogens with one attached hydrogen (secondary N) is 2. The summed E-state index contributed by atoms with van der Waals surface area (Å²) in [6, 6.07) is 9.55. The third-order valence-corrected chi connectivity index (χ3v) is 4.99. The van der Waals surface area contributed by atoms with E-state index in [0.29, 0.717) is 12.2 Å². The molecule has 3 unspecified atom stereocenters. The lowest BCUT2D eigenvalue weighted by Gasteiger charge is -2.12. The normalized spacial score (nSPS) is 25.6. The van der Waals surface area contributed by atoms with Gasteiger partial charge in [-0.1, -0.05) is 28.1 Å². The van der Waals surface area contributed by atoms with E-state index < -0.39 is 0 Å². The topological polar surface area (TPSA) is 76.2 Å². The SMILES string of the molecule is O=C(NCC1CC2OCCC2O1)c1cc(-c2ccc(Br)cc2)n[nH]1. The molecular formula is C17H18BrN3O3. The number of hydrogen-bond donors (Lipinski definition) is 2. The summed E-state index contributed by atoms with van der Waals surface area (Å²) in [4.78, 5) is 12.3. The van der Waals surface area contributed by atoms with Crippen molar-refractivity contribution in [2.75, 3.05) is 13.2 Å². The number of carbonyl (C=O) groups excluding carboxylic acids is 1. The van der Waals surface area contributed by atoms with E-state index in [1.54, 1.807) is 6.07 Å². The Morgan fingerprint density at radius 3 is 2.96 bits per heavy atom. The molecular weight excluding hydrogens is 374 g/mol. The van der Waals surface area contributed by atoms with Gasteiger partial charge in [-0.15, -0.1) is 0 Å². The number of nitrogens with zero attached hydrogens (tertiary/aromatic N) is 1. The highest BCUT2D eigenvalue weighted by atomic mass is 79.9. The van der Waals surface area contributed by atoms with Crippen LogP contribution in [0.4, 0.5) is 0 Å². The summed E-state index contributed by atoms with van der Waals surface area (Å²) in [5.41, 5.74) is 2.15. The molecule has 1 aromatic heterocycles. The quantitative estimate of drug-likeness (QED) is 0.839. The van der Waals surface area contributed by atoms with Gasteiger partial charge in [-0.25, -0.2) is 0 Å². The lowest BCUT2D eigenvalue weighted by Crippen LogP contribution is -2.32.